The summed E-state index contributed by atoms with van der Waals surface area (Å²) in [5.74, 6) is -1.91. The van der Waals surface area contributed by atoms with E-state index in [2.05, 4.69) is 10.2 Å². The van der Waals surface area contributed by atoms with E-state index in [1.54, 1.807) is 24.3 Å². The van der Waals surface area contributed by atoms with Crippen molar-refractivity contribution in [2.45, 2.75) is 12.1 Å². The van der Waals surface area contributed by atoms with Crippen LogP contribution in [0.3, 0.4) is 0 Å². The van der Waals surface area contributed by atoms with Crippen molar-refractivity contribution in [3.8, 4) is 11.1 Å². The first-order chi connectivity index (χ1) is 14.3. The number of amides is 2. The summed E-state index contributed by atoms with van der Waals surface area (Å²) < 4.78 is 0. The van der Waals surface area contributed by atoms with Gasteiger partial charge in [-0.1, -0.05) is 24.3 Å². The van der Waals surface area contributed by atoms with E-state index in [0.717, 1.165) is 21.7 Å². The number of likely N-dealkylation sites (N-methyl/N-ethyl adjacent to an activating group) is 2. The molecule has 1 heterocycles. The van der Waals surface area contributed by atoms with Gasteiger partial charge in [0.25, 0.3) is 5.91 Å². The van der Waals surface area contributed by atoms with Crippen LogP contribution in [-0.4, -0.2) is 78.6 Å². The lowest BCUT2D eigenvalue weighted by Gasteiger charge is -2.37. The first kappa shape index (κ1) is 21.5. The molecular formula is C22H25N3O5. The van der Waals surface area contributed by atoms with Gasteiger partial charge in [0.1, 0.15) is 6.61 Å². The summed E-state index contributed by atoms with van der Waals surface area (Å²) in [4.78, 5) is 39.8. The van der Waals surface area contributed by atoms with Crippen molar-refractivity contribution in [3.05, 3.63) is 54.1 Å². The molecule has 2 amide bonds. The van der Waals surface area contributed by atoms with Gasteiger partial charge < -0.3 is 25.3 Å². The van der Waals surface area contributed by atoms with E-state index in [1.165, 1.54) is 14.1 Å². The van der Waals surface area contributed by atoms with Gasteiger partial charge in [-0.3, -0.25) is 14.4 Å². The SMILES string of the molecule is CNC(=O)C(C(=O)CO)N(C)C(=O)c1ccc(-c2ccc(N3CC(O)C3)cc2)cc1. The molecule has 0 aliphatic carbocycles. The number of nitrogens with one attached hydrogen (secondary N) is 1. The Hall–Kier alpha value is -3.23. The van der Waals surface area contributed by atoms with Gasteiger partial charge in [-0.15, -0.1) is 0 Å². The van der Waals surface area contributed by atoms with Gasteiger partial charge in [-0.2, -0.15) is 0 Å². The number of β-amino-alcohol motifs (C(OH)–C–C–N with tert-alkyl or cyclic N) is 1. The molecule has 0 aromatic heterocycles. The molecule has 2 aromatic rings. The van der Waals surface area contributed by atoms with E-state index in [4.69, 9.17) is 5.11 Å². The third kappa shape index (κ3) is 4.34. The average Bonchev–Trinajstić information content (AvgIpc) is 2.76. The highest BCUT2D eigenvalue weighted by atomic mass is 16.3. The second-order valence-corrected chi connectivity index (χ2v) is 7.24. The molecule has 0 saturated carbocycles. The van der Waals surface area contributed by atoms with Gasteiger partial charge in [0.15, 0.2) is 11.8 Å². The normalized spacial score (nSPS) is 14.6. The second kappa shape index (κ2) is 9.06. The van der Waals surface area contributed by atoms with Crippen molar-refractivity contribution in [3.63, 3.8) is 0 Å². The summed E-state index contributed by atoms with van der Waals surface area (Å²) in [6, 6.07) is 13.4. The molecule has 2 aromatic carbocycles. The van der Waals surface area contributed by atoms with Crippen LogP contribution in [0.15, 0.2) is 48.5 Å². The Balaban J connectivity index is 1.73. The molecule has 1 unspecified atom stereocenters. The minimum atomic E-state index is -1.39. The fourth-order valence-corrected chi connectivity index (χ4v) is 3.42. The quantitative estimate of drug-likeness (QED) is 0.565. The second-order valence-electron chi connectivity index (χ2n) is 7.24. The van der Waals surface area contributed by atoms with Gasteiger partial charge in [-0.05, 0) is 35.4 Å². The summed E-state index contributed by atoms with van der Waals surface area (Å²) in [7, 11) is 2.72. The predicted molar refractivity (Wildman–Crippen MR) is 112 cm³/mol. The van der Waals surface area contributed by atoms with Gasteiger partial charge in [-0.25, -0.2) is 0 Å². The zero-order valence-electron chi connectivity index (χ0n) is 16.9. The van der Waals surface area contributed by atoms with E-state index in [9.17, 15) is 19.5 Å². The Labute approximate surface area is 174 Å². The van der Waals surface area contributed by atoms with Gasteiger partial charge in [0.2, 0.25) is 5.91 Å². The largest absolute Gasteiger partial charge is 0.389 e. The first-order valence-corrected chi connectivity index (χ1v) is 9.61. The van der Waals surface area contributed by atoms with E-state index >= 15 is 0 Å². The zero-order chi connectivity index (χ0) is 21.8. The molecule has 3 rings (SSSR count). The van der Waals surface area contributed by atoms with Crippen LogP contribution < -0.4 is 10.2 Å². The number of aliphatic hydroxyl groups is 2. The smallest absolute Gasteiger partial charge is 0.254 e. The van der Waals surface area contributed by atoms with Crippen LogP contribution in [0.1, 0.15) is 10.4 Å². The van der Waals surface area contributed by atoms with Crippen LogP contribution in [0.25, 0.3) is 11.1 Å². The summed E-state index contributed by atoms with van der Waals surface area (Å²) in [6.45, 7) is 0.444. The molecular weight excluding hydrogens is 386 g/mol. The average molecular weight is 411 g/mol. The molecule has 0 spiro atoms. The van der Waals surface area contributed by atoms with Gasteiger partial charge in [0.05, 0.1) is 6.10 Å². The molecule has 8 heteroatoms. The summed E-state index contributed by atoms with van der Waals surface area (Å²) in [5, 5.41) is 20.9. The van der Waals surface area contributed by atoms with Crippen LogP contribution in [0, 0.1) is 0 Å². The van der Waals surface area contributed by atoms with Crippen LogP contribution in [-0.2, 0) is 9.59 Å². The third-order valence-corrected chi connectivity index (χ3v) is 5.22. The molecule has 1 aliphatic heterocycles. The highest BCUT2D eigenvalue weighted by Crippen LogP contribution is 2.26. The summed E-state index contributed by atoms with van der Waals surface area (Å²) >= 11 is 0. The van der Waals surface area contributed by atoms with E-state index in [0.29, 0.717) is 18.7 Å². The first-order valence-electron chi connectivity index (χ1n) is 9.61. The Morgan fingerprint density at radius 3 is 2.07 bits per heavy atom. The number of ketones is 1. The monoisotopic (exact) mass is 411 g/mol. The van der Waals surface area contributed by atoms with Crippen molar-refractivity contribution in [1.29, 1.82) is 0 Å². The number of hydrogen-bond donors (Lipinski definition) is 3. The van der Waals surface area contributed by atoms with Crippen molar-refractivity contribution in [1.82, 2.24) is 10.2 Å². The fourth-order valence-electron chi connectivity index (χ4n) is 3.42. The Kier molecular flexibility index (Phi) is 6.49. The zero-order valence-corrected chi connectivity index (χ0v) is 16.9. The van der Waals surface area contributed by atoms with Crippen LogP contribution in [0.5, 0.6) is 0 Å². The minimum absolute atomic E-state index is 0.261. The number of anilines is 1. The topological polar surface area (TPSA) is 110 Å². The molecule has 158 valence electrons. The lowest BCUT2D eigenvalue weighted by atomic mass is 10.0. The highest BCUT2D eigenvalue weighted by molar-refractivity contribution is 6.10. The maximum Gasteiger partial charge on any atom is 0.254 e. The maximum atomic E-state index is 12.7. The number of Topliss-reactive ketones (excluding diaryl/α,β-unsaturated/α-hetero) is 1. The molecule has 3 N–H and O–H groups in total. The van der Waals surface area contributed by atoms with Crippen molar-refractivity contribution in [2.75, 3.05) is 38.7 Å². The Morgan fingerprint density at radius 1 is 1.07 bits per heavy atom. The maximum absolute atomic E-state index is 12.7. The summed E-state index contributed by atoms with van der Waals surface area (Å²) in [6.07, 6.45) is -0.261. The van der Waals surface area contributed by atoms with Crippen LogP contribution in [0.2, 0.25) is 0 Å². The number of carbonyl (C=O) groups excluding carboxylic acids is 3. The number of rotatable bonds is 7. The molecule has 1 fully saturated rings. The van der Waals surface area contributed by atoms with E-state index < -0.39 is 30.2 Å². The number of nitrogens with zero attached hydrogens (tertiary/aromatic N) is 2. The van der Waals surface area contributed by atoms with E-state index in [1.807, 2.05) is 24.3 Å². The Morgan fingerprint density at radius 2 is 1.60 bits per heavy atom. The summed E-state index contributed by atoms with van der Waals surface area (Å²) in [5.41, 5.74) is 3.27. The fraction of sp³-hybridized carbons (Fsp3) is 0.318. The molecule has 0 radical (unpaired) electrons. The van der Waals surface area contributed by atoms with Gasteiger partial charge in [0, 0.05) is 38.4 Å². The van der Waals surface area contributed by atoms with E-state index in [-0.39, 0.29) is 6.10 Å². The minimum Gasteiger partial charge on any atom is -0.389 e. The number of benzene rings is 2. The van der Waals surface area contributed by atoms with Crippen LogP contribution in [0.4, 0.5) is 5.69 Å². The van der Waals surface area contributed by atoms with Crippen LogP contribution >= 0.6 is 0 Å². The highest BCUT2D eigenvalue weighted by Gasteiger charge is 2.32. The Bertz CT molecular complexity index is 905. The van der Waals surface area contributed by atoms with Crippen molar-refractivity contribution < 1.29 is 24.6 Å². The van der Waals surface area contributed by atoms with Gasteiger partial charge >= 0.3 is 0 Å². The van der Waals surface area contributed by atoms with Crippen molar-refractivity contribution >= 4 is 23.3 Å². The molecule has 1 aliphatic rings. The van der Waals surface area contributed by atoms with Crippen molar-refractivity contribution in [2.24, 2.45) is 0 Å². The molecule has 8 nitrogen and oxygen atoms in total. The number of hydrogen-bond acceptors (Lipinski definition) is 6. The third-order valence-electron chi connectivity index (χ3n) is 5.22. The molecule has 1 atom stereocenters. The molecule has 1 saturated heterocycles. The lowest BCUT2D eigenvalue weighted by Crippen LogP contribution is -2.52. The molecule has 0 bridgehead atoms. The number of aliphatic hydroxyl groups excluding tert-OH is 2. The molecule has 30 heavy (non-hydrogen) atoms. The standard InChI is InChI=1S/C22H25N3O5/c1-23-21(29)20(19(28)13-26)24(2)22(30)16-5-3-14(4-6-16)15-7-9-17(10-8-15)25-11-18(27)12-25/h3-10,18,20,26-27H,11-13H2,1-2H3,(H,23,29). The predicted octanol–water partition coefficient (Wildman–Crippen LogP) is 0.283. The number of carbonyl (C=O) groups is 3. The lowest BCUT2D eigenvalue weighted by molar-refractivity contribution is -0.135.